The molecule has 0 N–H and O–H groups in total. The summed E-state index contributed by atoms with van der Waals surface area (Å²) in [5.74, 6) is 0. The normalized spacial score (nSPS) is 11.5. The molecule has 3 heteroatoms. The van der Waals surface area contributed by atoms with Crippen LogP contribution in [0.15, 0.2) is 223 Å². The Labute approximate surface area is 330 Å². The lowest BCUT2D eigenvalue weighted by atomic mass is 9.94. The number of fused-ring (bicyclic) bond motifs is 6. The molecular weight excluding hydrogens is 693 g/mol. The van der Waals surface area contributed by atoms with Gasteiger partial charge in [0.1, 0.15) is 11.2 Å². The largest absolute Gasteiger partial charge is 0.456 e. The van der Waals surface area contributed by atoms with E-state index in [1.54, 1.807) is 0 Å². The zero-order valence-corrected chi connectivity index (χ0v) is 31.1. The first kappa shape index (κ1) is 32.8. The standard InChI is InChI=1S/C54H36N2O/c1-4-17-37(18-5-1)39-31-33-49(45(35-39)38-19-6-2-7-20-38)56(47-26-13-10-23-42(47)40-32-34-53-46(36-40)43-24-12-15-30-52(43)57-53)51-29-16-28-50-54(51)44-25-11-14-27-48(44)55(50)41-21-8-3-9-22-41/h1-36H. The van der Waals surface area contributed by atoms with Crippen molar-refractivity contribution < 1.29 is 4.42 Å². The van der Waals surface area contributed by atoms with E-state index in [0.717, 1.165) is 72.5 Å². The van der Waals surface area contributed by atoms with Crippen LogP contribution in [-0.2, 0) is 0 Å². The fourth-order valence-electron chi connectivity index (χ4n) is 8.63. The summed E-state index contributed by atoms with van der Waals surface area (Å²) in [5.41, 5.74) is 15.4. The third-order valence-corrected chi connectivity index (χ3v) is 11.2. The van der Waals surface area contributed by atoms with Gasteiger partial charge in [0.2, 0.25) is 0 Å². The number of aromatic nitrogens is 1. The van der Waals surface area contributed by atoms with Crippen LogP contribution < -0.4 is 4.90 Å². The van der Waals surface area contributed by atoms with E-state index in [-0.39, 0.29) is 0 Å². The molecule has 0 atom stereocenters. The Morgan fingerprint density at radius 3 is 1.75 bits per heavy atom. The van der Waals surface area contributed by atoms with Crippen molar-refractivity contribution in [3.63, 3.8) is 0 Å². The molecule has 3 nitrogen and oxygen atoms in total. The van der Waals surface area contributed by atoms with Crippen molar-refractivity contribution in [2.24, 2.45) is 0 Å². The average molecular weight is 729 g/mol. The van der Waals surface area contributed by atoms with Crippen LogP contribution >= 0.6 is 0 Å². The van der Waals surface area contributed by atoms with Crippen molar-refractivity contribution in [3.05, 3.63) is 218 Å². The van der Waals surface area contributed by atoms with Gasteiger partial charge in [-0.1, -0.05) is 152 Å². The lowest BCUT2D eigenvalue weighted by Crippen LogP contribution is -2.13. The first-order valence-electron chi connectivity index (χ1n) is 19.4. The van der Waals surface area contributed by atoms with Crippen LogP contribution in [0.5, 0.6) is 0 Å². The van der Waals surface area contributed by atoms with E-state index in [9.17, 15) is 0 Å². The second-order valence-corrected chi connectivity index (χ2v) is 14.5. The number of rotatable bonds is 7. The molecule has 0 saturated carbocycles. The van der Waals surface area contributed by atoms with Crippen LogP contribution in [0.4, 0.5) is 17.1 Å². The number of hydrogen-bond donors (Lipinski definition) is 0. The van der Waals surface area contributed by atoms with E-state index in [1.165, 1.54) is 27.4 Å². The van der Waals surface area contributed by atoms with Crippen molar-refractivity contribution in [3.8, 4) is 39.1 Å². The molecule has 0 fully saturated rings. The highest BCUT2D eigenvalue weighted by Gasteiger charge is 2.25. The van der Waals surface area contributed by atoms with Gasteiger partial charge < -0.3 is 13.9 Å². The van der Waals surface area contributed by atoms with E-state index in [2.05, 4.69) is 216 Å². The van der Waals surface area contributed by atoms with Crippen molar-refractivity contribution in [2.45, 2.75) is 0 Å². The zero-order valence-electron chi connectivity index (χ0n) is 31.1. The summed E-state index contributed by atoms with van der Waals surface area (Å²) < 4.78 is 8.68. The predicted molar refractivity (Wildman–Crippen MR) is 239 cm³/mol. The molecule has 0 aliphatic heterocycles. The third-order valence-electron chi connectivity index (χ3n) is 11.2. The van der Waals surface area contributed by atoms with Gasteiger partial charge in [0, 0.05) is 38.4 Å². The second-order valence-electron chi connectivity index (χ2n) is 14.5. The van der Waals surface area contributed by atoms with Gasteiger partial charge in [0.15, 0.2) is 0 Å². The molecule has 0 saturated heterocycles. The van der Waals surface area contributed by atoms with E-state index in [1.807, 2.05) is 12.1 Å². The topological polar surface area (TPSA) is 21.3 Å². The SMILES string of the molecule is c1ccc(-c2ccc(N(c3ccccc3-c3ccc4oc5ccccc5c4c3)c3cccc4c3c3ccccc3n4-c3ccccc3)c(-c3ccccc3)c2)cc1. The van der Waals surface area contributed by atoms with E-state index in [0.29, 0.717) is 0 Å². The molecule has 57 heavy (non-hydrogen) atoms. The van der Waals surface area contributed by atoms with Crippen molar-refractivity contribution in [2.75, 3.05) is 4.90 Å². The lowest BCUT2D eigenvalue weighted by Gasteiger charge is -2.31. The fraction of sp³-hybridized carbons (Fsp3) is 0. The van der Waals surface area contributed by atoms with E-state index >= 15 is 0 Å². The number of furan rings is 1. The molecule has 0 unspecified atom stereocenters. The minimum atomic E-state index is 0.885. The van der Waals surface area contributed by atoms with Crippen LogP contribution in [0, 0.1) is 0 Å². The Kier molecular flexibility index (Phi) is 7.82. The van der Waals surface area contributed by atoms with E-state index < -0.39 is 0 Å². The van der Waals surface area contributed by atoms with Gasteiger partial charge in [-0.05, 0) is 89.0 Å². The summed E-state index contributed by atoms with van der Waals surface area (Å²) in [5, 5.41) is 4.61. The van der Waals surface area contributed by atoms with Gasteiger partial charge in [-0.2, -0.15) is 0 Å². The quantitative estimate of drug-likeness (QED) is 0.163. The van der Waals surface area contributed by atoms with Crippen molar-refractivity contribution >= 4 is 60.8 Å². The smallest absolute Gasteiger partial charge is 0.135 e. The number of benzene rings is 9. The molecule has 0 spiro atoms. The zero-order chi connectivity index (χ0) is 37.7. The highest BCUT2D eigenvalue weighted by atomic mass is 16.3. The molecular formula is C54H36N2O. The average Bonchev–Trinajstić information content (AvgIpc) is 3.83. The van der Waals surface area contributed by atoms with Gasteiger partial charge in [-0.25, -0.2) is 0 Å². The minimum Gasteiger partial charge on any atom is -0.456 e. The molecule has 0 amide bonds. The first-order valence-corrected chi connectivity index (χ1v) is 19.4. The molecule has 268 valence electrons. The number of anilines is 3. The lowest BCUT2D eigenvalue weighted by molar-refractivity contribution is 0.669. The van der Waals surface area contributed by atoms with Crippen LogP contribution in [0.1, 0.15) is 0 Å². The Morgan fingerprint density at radius 1 is 0.333 bits per heavy atom. The predicted octanol–water partition coefficient (Wildman–Crippen LogP) is 15.2. The van der Waals surface area contributed by atoms with Crippen LogP contribution in [-0.4, -0.2) is 4.57 Å². The third kappa shape index (κ3) is 5.51. The molecule has 11 rings (SSSR count). The Bertz CT molecular complexity index is 3230. The molecule has 0 radical (unpaired) electrons. The number of para-hydroxylation sites is 4. The molecule has 2 aromatic heterocycles. The molecule has 2 heterocycles. The number of nitrogens with zero attached hydrogens (tertiary/aromatic N) is 2. The van der Waals surface area contributed by atoms with Gasteiger partial charge in [-0.15, -0.1) is 0 Å². The van der Waals surface area contributed by atoms with Crippen LogP contribution in [0.2, 0.25) is 0 Å². The summed E-state index contributed by atoms with van der Waals surface area (Å²) >= 11 is 0. The maximum atomic E-state index is 6.29. The monoisotopic (exact) mass is 728 g/mol. The van der Waals surface area contributed by atoms with Crippen molar-refractivity contribution in [1.29, 1.82) is 0 Å². The number of hydrogen-bond acceptors (Lipinski definition) is 2. The fourth-order valence-corrected chi connectivity index (χ4v) is 8.63. The Morgan fingerprint density at radius 2 is 0.930 bits per heavy atom. The van der Waals surface area contributed by atoms with Crippen LogP contribution in [0.25, 0.3) is 82.8 Å². The summed E-state index contributed by atoms with van der Waals surface area (Å²) in [6.07, 6.45) is 0. The molecule has 11 aromatic rings. The summed E-state index contributed by atoms with van der Waals surface area (Å²) in [7, 11) is 0. The molecule has 0 bridgehead atoms. The summed E-state index contributed by atoms with van der Waals surface area (Å²) in [4.78, 5) is 2.49. The minimum absolute atomic E-state index is 0.885. The maximum Gasteiger partial charge on any atom is 0.135 e. The summed E-state index contributed by atoms with van der Waals surface area (Å²) in [6, 6.07) is 78.3. The summed E-state index contributed by atoms with van der Waals surface area (Å²) in [6.45, 7) is 0. The van der Waals surface area contributed by atoms with Crippen LogP contribution in [0.3, 0.4) is 0 Å². The molecule has 0 aliphatic rings. The van der Waals surface area contributed by atoms with E-state index in [4.69, 9.17) is 4.42 Å². The Balaban J connectivity index is 1.24. The molecule has 9 aromatic carbocycles. The maximum absolute atomic E-state index is 6.29. The van der Waals surface area contributed by atoms with Gasteiger partial charge in [-0.3, -0.25) is 0 Å². The Hall–Kier alpha value is -7.62. The second kappa shape index (κ2) is 13.6. The molecule has 0 aliphatic carbocycles. The highest BCUT2D eigenvalue weighted by Crippen LogP contribution is 2.50. The highest BCUT2D eigenvalue weighted by molar-refractivity contribution is 6.17. The first-order chi connectivity index (χ1) is 28.3. The van der Waals surface area contributed by atoms with Gasteiger partial charge in [0.05, 0.1) is 28.1 Å². The van der Waals surface area contributed by atoms with Gasteiger partial charge >= 0.3 is 0 Å². The van der Waals surface area contributed by atoms with Crippen molar-refractivity contribution in [1.82, 2.24) is 4.57 Å². The van der Waals surface area contributed by atoms with Gasteiger partial charge in [0.25, 0.3) is 0 Å².